The van der Waals surface area contributed by atoms with Gasteiger partial charge in [-0.3, -0.25) is 0 Å². The van der Waals surface area contributed by atoms with Crippen molar-refractivity contribution >= 4 is 22.8 Å². The lowest BCUT2D eigenvalue weighted by molar-refractivity contribution is 0.0377. The third-order valence-electron chi connectivity index (χ3n) is 6.00. The molecular formula is C31H33NO6. The van der Waals surface area contributed by atoms with E-state index in [0.717, 1.165) is 33.6 Å². The third kappa shape index (κ3) is 5.83. The summed E-state index contributed by atoms with van der Waals surface area (Å²) < 4.78 is 24.3. The van der Waals surface area contributed by atoms with E-state index in [0.29, 0.717) is 30.1 Å². The number of rotatable bonds is 10. The van der Waals surface area contributed by atoms with E-state index in [-0.39, 0.29) is 24.6 Å². The zero-order chi connectivity index (χ0) is 27.2. The van der Waals surface area contributed by atoms with Gasteiger partial charge in [-0.1, -0.05) is 12.1 Å². The van der Waals surface area contributed by atoms with Crippen LogP contribution in [0.2, 0.25) is 0 Å². The van der Waals surface area contributed by atoms with Crippen molar-refractivity contribution in [3.05, 3.63) is 89.1 Å². The van der Waals surface area contributed by atoms with Gasteiger partial charge in [-0.05, 0) is 94.8 Å². The second-order valence-corrected chi connectivity index (χ2v) is 9.06. The molecule has 4 aromatic rings. The molecular weight excluding hydrogens is 482 g/mol. The van der Waals surface area contributed by atoms with E-state index in [4.69, 9.17) is 18.9 Å². The number of carbonyl (C=O) groups is 2. The zero-order valence-corrected chi connectivity index (χ0v) is 22.4. The predicted molar refractivity (Wildman–Crippen MR) is 146 cm³/mol. The Kier molecular flexibility index (Phi) is 8.36. The van der Waals surface area contributed by atoms with Gasteiger partial charge in [0.05, 0.1) is 36.0 Å². The van der Waals surface area contributed by atoms with Gasteiger partial charge in [0.25, 0.3) is 0 Å². The van der Waals surface area contributed by atoms with Crippen molar-refractivity contribution in [2.75, 3.05) is 13.2 Å². The van der Waals surface area contributed by atoms with Crippen molar-refractivity contribution in [2.45, 2.75) is 47.3 Å². The van der Waals surface area contributed by atoms with Gasteiger partial charge in [-0.25, -0.2) is 9.59 Å². The van der Waals surface area contributed by atoms with Gasteiger partial charge in [-0.15, -0.1) is 0 Å². The highest BCUT2D eigenvalue weighted by atomic mass is 16.5. The Morgan fingerprint density at radius 1 is 0.816 bits per heavy atom. The molecule has 3 aromatic carbocycles. The number of benzene rings is 3. The van der Waals surface area contributed by atoms with Gasteiger partial charge < -0.3 is 23.5 Å². The molecule has 0 atom stereocenters. The number of ether oxygens (including phenoxy) is 4. The summed E-state index contributed by atoms with van der Waals surface area (Å²) in [7, 11) is 0. The first-order valence-electron chi connectivity index (χ1n) is 12.8. The Balaban J connectivity index is 1.63. The maximum absolute atomic E-state index is 13.0. The molecule has 4 rings (SSSR count). The predicted octanol–water partition coefficient (Wildman–Crippen LogP) is 6.66. The van der Waals surface area contributed by atoms with E-state index < -0.39 is 0 Å². The standard InChI is InChI=1S/C31H33NO6/c1-6-35-25-14-12-24(13-15-25)32-21(5)29(31(34)36-7-2)27-18-26(16-17-28(27)32)37-19-22-8-10-23(11-9-22)30(33)38-20(3)4/h8-18,20H,6-7,19H2,1-5H3. The SMILES string of the molecule is CCOC(=O)c1c(C)n(-c2ccc(OCC)cc2)c2ccc(OCc3ccc(C(=O)OC(C)C)cc3)cc12. The summed E-state index contributed by atoms with van der Waals surface area (Å²) in [5.41, 5.74) is 4.47. The molecule has 0 fully saturated rings. The number of nitrogens with zero attached hydrogens (tertiary/aromatic N) is 1. The van der Waals surface area contributed by atoms with Crippen LogP contribution in [0.15, 0.2) is 66.7 Å². The molecule has 0 unspecified atom stereocenters. The Morgan fingerprint density at radius 3 is 2.13 bits per heavy atom. The van der Waals surface area contributed by atoms with Crippen molar-refractivity contribution in [3.8, 4) is 17.2 Å². The third-order valence-corrected chi connectivity index (χ3v) is 6.00. The van der Waals surface area contributed by atoms with Gasteiger partial charge in [-0.2, -0.15) is 0 Å². The molecule has 0 amide bonds. The molecule has 198 valence electrons. The van der Waals surface area contributed by atoms with Crippen LogP contribution in [0.25, 0.3) is 16.6 Å². The van der Waals surface area contributed by atoms with Crippen molar-refractivity contribution < 1.29 is 28.5 Å². The molecule has 0 saturated heterocycles. The first-order chi connectivity index (χ1) is 18.3. The minimum absolute atomic E-state index is 0.173. The smallest absolute Gasteiger partial charge is 0.340 e. The Hall–Kier alpha value is -4.26. The molecule has 7 nitrogen and oxygen atoms in total. The summed E-state index contributed by atoms with van der Waals surface area (Å²) in [6.07, 6.45) is -0.173. The second kappa shape index (κ2) is 11.9. The lowest BCUT2D eigenvalue weighted by atomic mass is 10.1. The summed E-state index contributed by atoms with van der Waals surface area (Å²) in [6.45, 7) is 10.5. The highest BCUT2D eigenvalue weighted by Crippen LogP contribution is 2.33. The molecule has 0 aliphatic carbocycles. The highest BCUT2D eigenvalue weighted by molar-refractivity contribution is 6.07. The number of fused-ring (bicyclic) bond motifs is 1. The summed E-state index contributed by atoms with van der Waals surface area (Å²) in [5, 5.41) is 0.749. The Labute approximate surface area is 222 Å². The lowest BCUT2D eigenvalue weighted by Gasteiger charge is -2.11. The fourth-order valence-corrected chi connectivity index (χ4v) is 4.33. The van der Waals surface area contributed by atoms with Crippen LogP contribution >= 0.6 is 0 Å². The number of hydrogen-bond donors (Lipinski definition) is 0. The Morgan fingerprint density at radius 2 is 1.50 bits per heavy atom. The quantitative estimate of drug-likeness (QED) is 0.220. The van der Waals surface area contributed by atoms with Crippen molar-refractivity contribution in [2.24, 2.45) is 0 Å². The van der Waals surface area contributed by atoms with Gasteiger partial charge >= 0.3 is 11.9 Å². The van der Waals surface area contributed by atoms with Crippen LogP contribution in [0.5, 0.6) is 11.5 Å². The van der Waals surface area contributed by atoms with Crippen molar-refractivity contribution in [1.29, 1.82) is 0 Å². The summed E-state index contributed by atoms with van der Waals surface area (Å²) >= 11 is 0. The van der Waals surface area contributed by atoms with E-state index in [1.807, 2.05) is 86.9 Å². The van der Waals surface area contributed by atoms with Gasteiger partial charge in [0.15, 0.2) is 0 Å². The summed E-state index contributed by atoms with van der Waals surface area (Å²) in [4.78, 5) is 25.1. The number of esters is 2. The molecule has 0 radical (unpaired) electrons. The second-order valence-electron chi connectivity index (χ2n) is 9.06. The molecule has 0 bridgehead atoms. The van der Waals surface area contributed by atoms with Gasteiger partial charge in [0.2, 0.25) is 0 Å². The summed E-state index contributed by atoms with van der Waals surface area (Å²) in [5.74, 6) is 0.684. The fourth-order valence-electron chi connectivity index (χ4n) is 4.33. The zero-order valence-electron chi connectivity index (χ0n) is 22.4. The molecule has 0 aliphatic rings. The molecule has 7 heteroatoms. The van der Waals surface area contributed by atoms with E-state index in [2.05, 4.69) is 0 Å². The number of hydrogen-bond acceptors (Lipinski definition) is 6. The normalized spacial score (nSPS) is 11.0. The molecule has 38 heavy (non-hydrogen) atoms. The van der Waals surface area contributed by atoms with Crippen molar-refractivity contribution in [1.82, 2.24) is 4.57 Å². The van der Waals surface area contributed by atoms with Crippen LogP contribution in [-0.2, 0) is 16.1 Å². The van der Waals surface area contributed by atoms with E-state index in [1.54, 1.807) is 19.1 Å². The first-order valence-corrected chi connectivity index (χ1v) is 12.8. The number of carbonyl (C=O) groups excluding carboxylic acids is 2. The topological polar surface area (TPSA) is 76.0 Å². The van der Waals surface area contributed by atoms with Crippen LogP contribution in [0, 0.1) is 6.92 Å². The van der Waals surface area contributed by atoms with E-state index in [1.165, 1.54) is 0 Å². The van der Waals surface area contributed by atoms with Gasteiger partial charge in [0.1, 0.15) is 18.1 Å². The van der Waals surface area contributed by atoms with Crippen LogP contribution in [-0.4, -0.2) is 35.8 Å². The van der Waals surface area contributed by atoms with Crippen LogP contribution in [0.1, 0.15) is 59.7 Å². The lowest BCUT2D eigenvalue weighted by Crippen LogP contribution is -2.11. The average molecular weight is 516 g/mol. The molecule has 0 saturated carbocycles. The van der Waals surface area contributed by atoms with Gasteiger partial charge in [0, 0.05) is 16.8 Å². The van der Waals surface area contributed by atoms with Crippen LogP contribution in [0.4, 0.5) is 0 Å². The monoisotopic (exact) mass is 515 g/mol. The maximum Gasteiger partial charge on any atom is 0.340 e. The molecule has 1 heterocycles. The minimum Gasteiger partial charge on any atom is -0.494 e. The molecule has 0 N–H and O–H groups in total. The first kappa shape index (κ1) is 26.8. The minimum atomic E-state index is -0.374. The fraction of sp³-hybridized carbons (Fsp3) is 0.290. The largest absolute Gasteiger partial charge is 0.494 e. The summed E-state index contributed by atoms with van der Waals surface area (Å²) in [6, 6.07) is 20.6. The Bertz CT molecular complexity index is 1420. The molecule has 1 aromatic heterocycles. The van der Waals surface area contributed by atoms with Crippen LogP contribution < -0.4 is 9.47 Å². The number of aromatic nitrogens is 1. The maximum atomic E-state index is 13.0. The molecule has 0 aliphatic heterocycles. The van der Waals surface area contributed by atoms with E-state index >= 15 is 0 Å². The highest BCUT2D eigenvalue weighted by Gasteiger charge is 2.22. The van der Waals surface area contributed by atoms with Crippen molar-refractivity contribution in [3.63, 3.8) is 0 Å². The van der Waals surface area contributed by atoms with E-state index in [9.17, 15) is 9.59 Å². The van der Waals surface area contributed by atoms with Crippen LogP contribution in [0.3, 0.4) is 0 Å². The average Bonchev–Trinajstić information content (AvgIpc) is 3.19. The molecule has 0 spiro atoms.